The highest BCUT2D eigenvalue weighted by atomic mass is 16.5. The lowest BCUT2D eigenvalue weighted by Crippen LogP contribution is -2.12. The highest BCUT2D eigenvalue weighted by Crippen LogP contribution is 2.21. The monoisotopic (exact) mass is 223 g/mol. The summed E-state index contributed by atoms with van der Waals surface area (Å²) in [6, 6.07) is 5.48. The molecule has 0 saturated carbocycles. The lowest BCUT2D eigenvalue weighted by Gasteiger charge is -2.14. The minimum absolute atomic E-state index is 0.0461. The Morgan fingerprint density at radius 3 is 2.62 bits per heavy atom. The number of methoxy groups -OCH3 is 1. The summed E-state index contributed by atoms with van der Waals surface area (Å²) in [7, 11) is 5.54. The molecule has 0 unspecified atom stereocenters. The van der Waals surface area contributed by atoms with Crippen LogP contribution in [-0.4, -0.2) is 37.2 Å². The fraction of sp³-hybridized carbons (Fsp3) is 0.417. The molecule has 0 bridgehead atoms. The highest BCUT2D eigenvalue weighted by molar-refractivity contribution is 5.70. The maximum absolute atomic E-state index is 10.6. The molecule has 0 amide bonds. The van der Waals surface area contributed by atoms with Gasteiger partial charge in [-0.05, 0) is 25.7 Å². The van der Waals surface area contributed by atoms with E-state index in [0.717, 1.165) is 23.4 Å². The summed E-state index contributed by atoms with van der Waals surface area (Å²) in [5.41, 5.74) is 1.80. The van der Waals surface area contributed by atoms with Crippen LogP contribution in [0.2, 0.25) is 0 Å². The van der Waals surface area contributed by atoms with Crippen molar-refractivity contribution in [1.82, 2.24) is 4.90 Å². The number of hydrogen-bond donors (Lipinski definition) is 1. The van der Waals surface area contributed by atoms with Gasteiger partial charge in [0.25, 0.3) is 0 Å². The number of carboxylic acid groups (broad SMARTS) is 1. The molecule has 16 heavy (non-hydrogen) atoms. The Labute approximate surface area is 95.5 Å². The van der Waals surface area contributed by atoms with Gasteiger partial charge >= 0.3 is 5.97 Å². The fourth-order valence-corrected chi connectivity index (χ4v) is 1.58. The second-order valence-electron chi connectivity index (χ2n) is 3.95. The van der Waals surface area contributed by atoms with E-state index < -0.39 is 5.97 Å². The van der Waals surface area contributed by atoms with Gasteiger partial charge in [-0.3, -0.25) is 4.79 Å². The van der Waals surface area contributed by atoms with Gasteiger partial charge in [0.15, 0.2) is 0 Å². The second kappa shape index (κ2) is 5.51. The second-order valence-corrected chi connectivity index (χ2v) is 3.95. The van der Waals surface area contributed by atoms with Crippen LogP contribution >= 0.6 is 0 Å². The zero-order valence-electron chi connectivity index (χ0n) is 9.86. The quantitative estimate of drug-likeness (QED) is 0.819. The molecule has 0 spiro atoms. The molecular formula is C12H17NO3. The molecule has 0 atom stereocenters. The van der Waals surface area contributed by atoms with Crippen molar-refractivity contribution in [2.75, 3.05) is 21.2 Å². The first-order valence-corrected chi connectivity index (χ1v) is 5.05. The van der Waals surface area contributed by atoms with E-state index in [0.29, 0.717) is 0 Å². The zero-order chi connectivity index (χ0) is 12.1. The summed E-state index contributed by atoms with van der Waals surface area (Å²) in [5.74, 6) is -0.0243. The molecule has 0 aromatic heterocycles. The predicted molar refractivity (Wildman–Crippen MR) is 61.7 cm³/mol. The third-order valence-corrected chi connectivity index (χ3v) is 2.19. The molecule has 4 heteroatoms. The van der Waals surface area contributed by atoms with Crippen LogP contribution in [0.3, 0.4) is 0 Å². The maximum Gasteiger partial charge on any atom is 0.307 e. The lowest BCUT2D eigenvalue weighted by molar-refractivity contribution is -0.136. The Kier molecular flexibility index (Phi) is 4.31. The predicted octanol–water partition coefficient (Wildman–Crippen LogP) is 1.38. The molecule has 4 nitrogen and oxygen atoms in total. The number of aliphatic carboxylic acids is 1. The van der Waals surface area contributed by atoms with Crippen molar-refractivity contribution in [3.05, 3.63) is 29.3 Å². The zero-order valence-corrected chi connectivity index (χ0v) is 9.86. The number of nitrogens with zero attached hydrogens (tertiary/aromatic N) is 1. The molecule has 0 aliphatic heterocycles. The maximum atomic E-state index is 10.6. The van der Waals surface area contributed by atoms with E-state index in [-0.39, 0.29) is 6.42 Å². The Balaban J connectivity index is 2.96. The number of hydrogen-bond acceptors (Lipinski definition) is 3. The first kappa shape index (κ1) is 12.5. The molecule has 0 heterocycles. The minimum Gasteiger partial charge on any atom is -0.496 e. The average molecular weight is 223 g/mol. The van der Waals surface area contributed by atoms with E-state index in [4.69, 9.17) is 9.84 Å². The smallest absolute Gasteiger partial charge is 0.307 e. The van der Waals surface area contributed by atoms with Crippen LogP contribution in [0.4, 0.5) is 0 Å². The first-order chi connectivity index (χ1) is 7.52. The SMILES string of the molecule is COc1ccc(CC(=O)O)cc1CN(C)C. The molecule has 1 aromatic rings. The van der Waals surface area contributed by atoms with Gasteiger partial charge in [0.05, 0.1) is 13.5 Å². The first-order valence-electron chi connectivity index (χ1n) is 5.05. The number of ether oxygens (including phenoxy) is 1. The summed E-state index contributed by atoms with van der Waals surface area (Å²) in [4.78, 5) is 12.6. The summed E-state index contributed by atoms with van der Waals surface area (Å²) >= 11 is 0. The summed E-state index contributed by atoms with van der Waals surface area (Å²) in [6.07, 6.45) is 0.0461. The Morgan fingerprint density at radius 1 is 1.44 bits per heavy atom. The van der Waals surface area contributed by atoms with Gasteiger partial charge in [-0.25, -0.2) is 0 Å². The van der Waals surface area contributed by atoms with Crippen LogP contribution in [0, 0.1) is 0 Å². The van der Waals surface area contributed by atoms with Crippen LogP contribution in [0.5, 0.6) is 5.75 Å². The number of benzene rings is 1. The van der Waals surface area contributed by atoms with Gasteiger partial charge in [0.2, 0.25) is 0 Å². The van der Waals surface area contributed by atoms with Crippen molar-refractivity contribution in [2.24, 2.45) is 0 Å². The summed E-state index contributed by atoms with van der Waals surface area (Å²) in [6.45, 7) is 0.733. The molecule has 0 saturated heterocycles. The average Bonchev–Trinajstić information content (AvgIpc) is 2.16. The van der Waals surface area contributed by atoms with Crippen LogP contribution in [0.15, 0.2) is 18.2 Å². The van der Waals surface area contributed by atoms with E-state index in [1.807, 2.05) is 31.1 Å². The van der Waals surface area contributed by atoms with Gasteiger partial charge in [-0.15, -0.1) is 0 Å². The molecule has 1 N–H and O–H groups in total. The number of carboxylic acids is 1. The lowest BCUT2D eigenvalue weighted by atomic mass is 10.1. The Hall–Kier alpha value is -1.55. The Bertz CT molecular complexity index is 375. The van der Waals surface area contributed by atoms with Crippen LogP contribution < -0.4 is 4.74 Å². The molecule has 0 fully saturated rings. The molecular weight excluding hydrogens is 206 g/mol. The van der Waals surface area contributed by atoms with E-state index in [9.17, 15) is 4.79 Å². The third kappa shape index (κ3) is 3.55. The molecule has 0 radical (unpaired) electrons. The van der Waals surface area contributed by atoms with Gasteiger partial charge in [0, 0.05) is 12.1 Å². The van der Waals surface area contributed by atoms with E-state index in [2.05, 4.69) is 0 Å². The topological polar surface area (TPSA) is 49.8 Å². The molecule has 1 aromatic carbocycles. The number of rotatable bonds is 5. The van der Waals surface area contributed by atoms with Gasteiger partial charge in [-0.2, -0.15) is 0 Å². The fourth-order valence-electron chi connectivity index (χ4n) is 1.58. The van der Waals surface area contributed by atoms with Gasteiger partial charge < -0.3 is 14.7 Å². The standard InChI is InChI=1S/C12H17NO3/c1-13(2)8-10-6-9(7-12(14)15)4-5-11(10)16-3/h4-6H,7-8H2,1-3H3,(H,14,15). The van der Waals surface area contributed by atoms with Crippen LogP contribution in [0.25, 0.3) is 0 Å². The largest absolute Gasteiger partial charge is 0.496 e. The number of carbonyl (C=O) groups is 1. The van der Waals surface area contributed by atoms with Crippen molar-refractivity contribution in [2.45, 2.75) is 13.0 Å². The van der Waals surface area contributed by atoms with E-state index in [1.165, 1.54) is 0 Å². The van der Waals surface area contributed by atoms with E-state index in [1.54, 1.807) is 13.2 Å². The van der Waals surface area contributed by atoms with E-state index >= 15 is 0 Å². The Morgan fingerprint density at radius 2 is 2.12 bits per heavy atom. The normalized spacial score (nSPS) is 10.5. The molecule has 0 aliphatic rings. The summed E-state index contributed by atoms with van der Waals surface area (Å²) in [5, 5.41) is 8.72. The van der Waals surface area contributed by atoms with Gasteiger partial charge in [0.1, 0.15) is 5.75 Å². The third-order valence-electron chi connectivity index (χ3n) is 2.19. The minimum atomic E-state index is -0.819. The van der Waals surface area contributed by atoms with Crippen molar-refractivity contribution in [1.29, 1.82) is 0 Å². The van der Waals surface area contributed by atoms with Crippen LogP contribution in [0.1, 0.15) is 11.1 Å². The highest BCUT2D eigenvalue weighted by Gasteiger charge is 2.07. The van der Waals surface area contributed by atoms with Crippen molar-refractivity contribution >= 4 is 5.97 Å². The van der Waals surface area contributed by atoms with Crippen molar-refractivity contribution < 1.29 is 14.6 Å². The molecule has 88 valence electrons. The van der Waals surface area contributed by atoms with Gasteiger partial charge in [-0.1, -0.05) is 12.1 Å². The molecule has 1 rings (SSSR count). The summed E-state index contributed by atoms with van der Waals surface area (Å²) < 4.78 is 5.23. The van der Waals surface area contributed by atoms with Crippen LogP contribution in [-0.2, 0) is 17.8 Å². The van der Waals surface area contributed by atoms with Crippen molar-refractivity contribution in [3.63, 3.8) is 0 Å². The van der Waals surface area contributed by atoms with Crippen molar-refractivity contribution in [3.8, 4) is 5.75 Å². The molecule has 0 aliphatic carbocycles.